The van der Waals surface area contributed by atoms with E-state index in [1.165, 1.54) is 19.1 Å². The van der Waals surface area contributed by atoms with Crippen molar-refractivity contribution in [3.05, 3.63) is 35.4 Å². The predicted octanol–water partition coefficient (Wildman–Crippen LogP) is 2.36. The highest BCUT2D eigenvalue weighted by atomic mass is 19.4. The number of carbonyl (C=O) groups is 1. The van der Waals surface area contributed by atoms with Crippen LogP contribution in [0.4, 0.5) is 13.2 Å². The molecule has 110 valence electrons. The SMILES string of the molecule is CC1(O)CCCC(N)(c2ccc(C(F)(F)F)cc2)C1=O. The first-order chi connectivity index (χ1) is 9.07. The fourth-order valence-electron chi connectivity index (χ4n) is 2.65. The Labute approximate surface area is 114 Å². The first-order valence-electron chi connectivity index (χ1n) is 6.31. The van der Waals surface area contributed by atoms with Gasteiger partial charge in [-0.25, -0.2) is 0 Å². The largest absolute Gasteiger partial charge is 0.416 e. The summed E-state index contributed by atoms with van der Waals surface area (Å²) in [5.74, 6) is -0.545. The van der Waals surface area contributed by atoms with Crippen molar-refractivity contribution in [2.75, 3.05) is 0 Å². The van der Waals surface area contributed by atoms with Crippen LogP contribution in [0.5, 0.6) is 0 Å². The van der Waals surface area contributed by atoms with Gasteiger partial charge in [-0.3, -0.25) is 4.79 Å². The molecular weight excluding hydrogens is 271 g/mol. The van der Waals surface area contributed by atoms with Gasteiger partial charge in [-0.05, 0) is 43.9 Å². The number of benzene rings is 1. The zero-order valence-electron chi connectivity index (χ0n) is 11.0. The zero-order valence-corrected chi connectivity index (χ0v) is 11.0. The number of alkyl halides is 3. The topological polar surface area (TPSA) is 63.3 Å². The van der Waals surface area contributed by atoms with Crippen molar-refractivity contribution >= 4 is 5.78 Å². The van der Waals surface area contributed by atoms with Gasteiger partial charge in [0.2, 0.25) is 0 Å². The van der Waals surface area contributed by atoms with E-state index in [2.05, 4.69) is 0 Å². The molecule has 1 fully saturated rings. The molecule has 3 N–H and O–H groups in total. The molecule has 0 aromatic heterocycles. The van der Waals surface area contributed by atoms with Crippen LogP contribution >= 0.6 is 0 Å². The average molecular weight is 287 g/mol. The smallest absolute Gasteiger partial charge is 0.382 e. The Bertz CT molecular complexity index is 522. The Hall–Kier alpha value is -1.40. The monoisotopic (exact) mass is 287 g/mol. The molecule has 0 bridgehead atoms. The van der Waals surface area contributed by atoms with Crippen molar-refractivity contribution in [3.8, 4) is 0 Å². The number of Topliss-reactive ketones (excluding diaryl/α,β-unsaturated/α-hetero) is 1. The third kappa shape index (κ3) is 2.45. The van der Waals surface area contributed by atoms with Crippen LogP contribution in [0.3, 0.4) is 0 Å². The predicted molar refractivity (Wildman–Crippen MR) is 66.8 cm³/mol. The molecule has 2 atom stereocenters. The zero-order chi connectivity index (χ0) is 15.2. The van der Waals surface area contributed by atoms with Crippen molar-refractivity contribution in [2.24, 2.45) is 5.73 Å². The Morgan fingerprint density at radius 1 is 1.20 bits per heavy atom. The first kappa shape index (κ1) is 15.0. The second-order valence-electron chi connectivity index (χ2n) is 5.50. The van der Waals surface area contributed by atoms with Crippen LogP contribution in [0.25, 0.3) is 0 Å². The Kier molecular flexibility index (Phi) is 3.42. The number of halogens is 3. The van der Waals surface area contributed by atoms with Crippen LogP contribution in [-0.2, 0) is 16.5 Å². The van der Waals surface area contributed by atoms with Crippen molar-refractivity contribution in [1.29, 1.82) is 0 Å². The van der Waals surface area contributed by atoms with E-state index in [4.69, 9.17) is 5.73 Å². The molecule has 2 unspecified atom stereocenters. The van der Waals surface area contributed by atoms with E-state index in [-0.39, 0.29) is 0 Å². The van der Waals surface area contributed by atoms with Gasteiger partial charge in [0, 0.05) is 0 Å². The van der Waals surface area contributed by atoms with E-state index < -0.39 is 28.7 Å². The molecule has 0 radical (unpaired) electrons. The number of hydrogen-bond donors (Lipinski definition) is 2. The van der Waals surface area contributed by atoms with E-state index in [0.717, 1.165) is 12.1 Å². The molecule has 1 aliphatic rings. The van der Waals surface area contributed by atoms with Crippen molar-refractivity contribution < 1.29 is 23.1 Å². The highest BCUT2D eigenvalue weighted by Crippen LogP contribution is 2.38. The number of rotatable bonds is 1. The van der Waals surface area contributed by atoms with Crippen LogP contribution in [0, 0.1) is 0 Å². The molecule has 0 aliphatic heterocycles. The van der Waals surface area contributed by atoms with E-state index in [0.29, 0.717) is 24.8 Å². The van der Waals surface area contributed by atoms with Crippen molar-refractivity contribution in [1.82, 2.24) is 0 Å². The molecule has 0 saturated heterocycles. The highest BCUT2D eigenvalue weighted by molar-refractivity contribution is 5.96. The van der Waals surface area contributed by atoms with Crippen LogP contribution in [0.1, 0.15) is 37.3 Å². The lowest BCUT2D eigenvalue weighted by molar-refractivity contribution is -0.146. The molecule has 0 heterocycles. The molecule has 1 aromatic rings. The van der Waals surface area contributed by atoms with E-state index in [1.807, 2.05) is 0 Å². The van der Waals surface area contributed by atoms with Gasteiger partial charge in [-0.2, -0.15) is 13.2 Å². The number of nitrogens with two attached hydrogens (primary N) is 1. The summed E-state index contributed by atoms with van der Waals surface area (Å²) in [6.45, 7) is 1.39. The summed E-state index contributed by atoms with van der Waals surface area (Å²) >= 11 is 0. The van der Waals surface area contributed by atoms with Gasteiger partial charge in [0.25, 0.3) is 0 Å². The van der Waals surface area contributed by atoms with Gasteiger partial charge >= 0.3 is 6.18 Å². The molecule has 1 aromatic carbocycles. The summed E-state index contributed by atoms with van der Waals surface area (Å²) in [5, 5.41) is 10.0. The van der Waals surface area contributed by atoms with E-state index >= 15 is 0 Å². The third-order valence-electron chi connectivity index (χ3n) is 3.86. The summed E-state index contributed by atoms with van der Waals surface area (Å²) in [5.41, 5.74) is 2.62. The maximum atomic E-state index is 12.5. The Morgan fingerprint density at radius 2 is 1.75 bits per heavy atom. The third-order valence-corrected chi connectivity index (χ3v) is 3.86. The minimum Gasteiger partial charge on any atom is -0.382 e. The van der Waals surface area contributed by atoms with Gasteiger partial charge in [0.1, 0.15) is 11.1 Å². The van der Waals surface area contributed by atoms with E-state index in [1.54, 1.807) is 0 Å². The van der Waals surface area contributed by atoms with Gasteiger partial charge in [0.15, 0.2) is 5.78 Å². The molecule has 6 heteroatoms. The highest BCUT2D eigenvalue weighted by Gasteiger charge is 2.48. The van der Waals surface area contributed by atoms with Gasteiger partial charge in [-0.15, -0.1) is 0 Å². The molecule has 20 heavy (non-hydrogen) atoms. The maximum absolute atomic E-state index is 12.5. The minimum atomic E-state index is -4.43. The summed E-state index contributed by atoms with van der Waals surface area (Å²) < 4.78 is 37.6. The number of aliphatic hydroxyl groups is 1. The van der Waals surface area contributed by atoms with Crippen LogP contribution < -0.4 is 5.73 Å². The standard InChI is InChI=1S/C14H16F3NO2/c1-12(20)7-2-8-13(18,11(12)19)9-3-5-10(6-4-9)14(15,16)17/h3-6,20H,2,7-8,18H2,1H3. The molecule has 0 amide bonds. The summed E-state index contributed by atoms with van der Waals surface area (Å²) in [7, 11) is 0. The van der Waals surface area contributed by atoms with Gasteiger partial charge in [0.05, 0.1) is 5.56 Å². The fourth-order valence-corrected chi connectivity index (χ4v) is 2.65. The lowest BCUT2D eigenvalue weighted by atomic mass is 9.70. The Balaban J connectivity index is 2.37. The van der Waals surface area contributed by atoms with Crippen LogP contribution in [0.2, 0.25) is 0 Å². The first-order valence-corrected chi connectivity index (χ1v) is 6.31. The number of ketones is 1. The minimum absolute atomic E-state index is 0.301. The lowest BCUT2D eigenvalue weighted by Gasteiger charge is -2.40. The normalized spacial score (nSPS) is 31.4. The van der Waals surface area contributed by atoms with E-state index in [9.17, 15) is 23.1 Å². The van der Waals surface area contributed by atoms with Crippen molar-refractivity contribution in [3.63, 3.8) is 0 Å². The van der Waals surface area contributed by atoms with Crippen molar-refractivity contribution in [2.45, 2.75) is 43.5 Å². The number of carbonyl (C=O) groups excluding carboxylic acids is 1. The summed E-state index contributed by atoms with van der Waals surface area (Å²) in [6, 6.07) is 4.23. The lowest BCUT2D eigenvalue weighted by Crippen LogP contribution is -2.57. The molecule has 1 aliphatic carbocycles. The summed E-state index contributed by atoms with van der Waals surface area (Å²) in [6.07, 6.45) is -3.27. The van der Waals surface area contributed by atoms with Gasteiger partial charge < -0.3 is 10.8 Å². The molecular formula is C14H16F3NO2. The molecule has 1 saturated carbocycles. The molecule has 2 rings (SSSR count). The van der Waals surface area contributed by atoms with Gasteiger partial charge in [-0.1, -0.05) is 12.1 Å². The molecule has 3 nitrogen and oxygen atoms in total. The van der Waals surface area contributed by atoms with Crippen LogP contribution in [-0.4, -0.2) is 16.5 Å². The number of hydrogen-bond acceptors (Lipinski definition) is 3. The molecule has 0 spiro atoms. The quantitative estimate of drug-likeness (QED) is 0.833. The fraction of sp³-hybridized carbons (Fsp3) is 0.500. The Morgan fingerprint density at radius 3 is 2.25 bits per heavy atom. The maximum Gasteiger partial charge on any atom is 0.416 e. The van der Waals surface area contributed by atoms with Crippen LogP contribution in [0.15, 0.2) is 24.3 Å². The average Bonchev–Trinajstić information content (AvgIpc) is 2.35. The second kappa shape index (κ2) is 4.56. The summed E-state index contributed by atoms with van der Waals surface area (Å²) in [4.78, 5) is 12.3. The second-order valence-corrected chi connectivity index (χ2v) is 5.50.